The number of benzene rings is 7. The summed E-state index contributed by atoms with van der Waals surface area (Å²) in [6.45, 7) is 0. The zero-order valence-corrected chi connectivity index (χ0v) is 30.0. The van der Waals surface area contributed by atoms with Gasteiger partial charge in [-0.25, -0.2) is 29.9 Å². The van der Waals surface area contributed by atoms with Gasteiger partial charge in [-0.15, -0.1) is 0 Å². The summed E-state index contributed by atoms with van der Waals surface area (Å²) in [6.07, 6.45) is 0. The molecule has 7 nitrogen and oxygen atoms in total. The van der Waals surface area contributed by atoms with Crippen LogP contribution in [-0.4, -0.2) is 29.9 Å². The van der Waals surface area contributed by atoms with Gasteiger partial charge in [0.2, 0.25) is 0 Å². The predicted octanol–water partition coefficient (Wildman–Crippen LogP) is 11.3. The van der Waals surface area contributed by atoms with Crippen molar-refractivity contribution in [1.82, 2.24) is 29.9 Å². The first-order chi connectivity index (χ1) is 27.7. The van der Waals surface area contributed by atoms with Gasteiger partial charge in [0.1, 0.15) is 0 Å². The first-order valence-corrected chi connectivity index (χ1v) is 18.2. The second-order valence-electron chi connectivity index (χ2n) is 13.0. The van der Waals surface area contributed by atoms with E-state index in [2.05, 4.69) is 6.07 Å². The molecule has 0 amide bonds. The Bertz CT molecular complexity index is 2740. The van der Waals surface area contributed by atoms with E-state index in [1.165, 1.54) is 0 Å². The zero-order valence-electron chi connectivity index (χ0n) is 30.0. The normalized spacial score (nSPS) is 10.8. The highest BCUT2D eigenvalue weighted by Gasteiger charge is 2.20. The van der Waals surface area contributed by atoms with Crippen LogP contribution in [0.2, 0.25) is 0 Å². The van der Waals surface area contributed by atoms with Crippen molar-refractivity contribution >= 4 is 0 Å². The first kappa shape index (κ1) is 33.9. The van der Waals surface area contributed by atoms with Gasteiger partial charge in [0.25, 0.3) is 0 Å². The Morgan fingerprint density at radius 2 is 0.589 bits per heavy atom. The van der Waals surface area contributed by atoms with Crippen LogP contribution in [-0.2, 0) is 0 Å². The molecule has 0 unspecified atom stereocenters. The molecule has 9 rings (SSSR count). The zero-order chi connectivity index (χ0) is 37.7. The summed E-state index contributed by atoms with van der Waals surface area (Å²) < 4.78 is 0. The van der Waals surface area contributed by atoms with Gasteiger partial charge in [-0.2, -0.15) is 5.26 Å². The second kappa shape index (κ2) is 15.2. The van der Waals surface area contributed by atoms with Crippen LogP contribution in [0.4, 0.5) is 0 Å². The molecule has 0 fully saturated rings. The Kier molecular flexibility index (Phi) is 9.18. The van der Waals surface area contributed by atoms with E-state index in [0.29, 0.717) is 40.5 Å². The van der Waals surface area contributed by atoms with Crippen LogP contribution in [0.15, 0.2) is 188 Å². The number of nitrogens with zero attached hydrogens (tertiary/aromatic N) is 7. The van der Waals surface area contributed by atoms with Gasteiger partial charge >= 0.3 is 0 Å². The van der Waals surface area contributed by atoms with Crippen LogP contribution >= 0.6 is 0 Å². The number of nitriles is 1. The number of rotatable bonds is 8. The van der Waals surface area contributed by atoms with Crippen LogP contribution in [0.1, 0.15) is 5.56 Å². The summed E-state index contributed by atoms with van der Waals surface area (Å²) in [5.41, 5.74) is 9.05. The Hall–Kier alpha value is -7.95. The van der Waals surface area contributed by atoms with Crippen LogP contribution in [0, 0.1) is 11.3 Å². The molecule has 7 heteroatoms. The van der Waals surface area contributed by atoms with Gasteiger partial charge in [0, 0.05) is 38.9 Å². The summed E-state index contributed by atoms with van der Waals surface area (Å²) >= 11 is 0. The molecule has 2 heterocycles. The van der Waals surface area contributed by atoms with Crippen LogP contribution < -0.4 is 0 Å². The maximum atomic E-state index is 10.7. The number of hydrogen-bond acceptors (Lipinski definition) is 7. The van der Waals surface area contributed by atoms with Crippen molar-refractivity contribution < 1.29 is 0 Å². The third kappa shape index (κ3) is 6.82. The number of aromatic nitrogens is 6. The highest BCUT2D eigenvalue weighted by molar-refractivity contribution is 5.88. The minimum atomic E-state index is 0.510. The molecule has 0 aliphatic heterocycles. The van der Waals surface area contributed by atoms with Gasteiger partial charge < -0.3 is 0 Å². The molecule has 0 saturated carbocycles. The Balaban J connectivity index is 1.16. The highest BCUT2D eigenvalue weighted by atomic mass is 15.0. The summed E-state index contributed by atoms with van der Waals surface area (Å²) in [7, 11) is 0. The maximum Gasteiger partial charge on any atom is 0.164 e. The van der Waals surface area contributed by atoms with Crippen molar-refractivity contribution in [3.63, 3.8) is 0 Å². The summed E-state index contributed by atoms with van der Waals surface area (Å²) in [5, 5.41) is 10.7. The van der Waals surface area contributed by atoms with Gasteiger partial charge in [-0.3, -0.25) is 0 Å². The average molecular weight is 718 g/mol. The van der Waals surface area contributed by atoms with E-state index in [9.17, 15) is 5.26 Å². The molecule has 262 valence electrons. The van der Waals surface area contributed by atoms with Crippen LogP contribution in [0.3, 0.4) is 0 Å². The molecule has 56 heavy (non-hydrogen) atoms. The van der Waals surface area contributed by atoms with Crippen molar-refractivity contribution in [2.45, 2.75) is 0 Å². The average Bonchev–Trinajstić information content (AvgIpc) is 3.29. The van der Waals surface area contributed by atoms with Crippen molar-refractivity contribution in [3.05, 3.63) is 194 Å². The molecule has 0 N–H and O–H groups in total. The van der Waals surface area contributed by atoms with Crippen molar-refractivity contribution in [2.24, 2.45) is 0 Å². The summed E-state index contributed by atoms with van der Waals surface area (Å²) in [6, 6.07) is 64.0. The molecule has 2 aromatic heterocycles. The molecule has 0 aliphatic carbocycles. The first-order valence-electron chi connectivity index (χ1n) is 18.2. The monoisotopic (exact) mass is 717 g/mol. The van der Waals surface area contributed by atoms with E-state index in [0.717, 1.165) is 55.6 Å². The third-order valence-corrected chi connectivity index (χ3v) is 9.48. The smallest absolute Gasteiger partial charge is 0.164 e. The topological polar surface area (TPSA) is 101 Å². The molecule has 0 spiro atoms. The summed E-state index contributed by atoms with van der Waals surface area (Å²) in [5.74, 6) is 3.36. The molecule has 0 atom stereocenters. The fourth-order valence-corrected chi connectivity index (χ4v) is 6.74. The van der Waals surface area contributed by atoms with Crippen LogP contribution in [0.5, 0.6) is 0 Å². The lowest BCUT2D eigenvalue weighted by Crippen LogP contribution is -2.01. The highest BCUT2D eigenvalue weighted by Crippen LogP contribution is 2.38. The third-order valence-electron chi connectivity index (χ3n) is 9.48. The quantitative estimate of drug-likeness (QED) is 0.154. The van der Waals surface area contributed by atoms with Gasteiger partial charge in [0.05, 0.1) is 11.6 Å². The maximum absolute atomic E-state index is 10.7. The molecule has 0 aliphatic rings. The Morgan fingerprint density at radius 1 is 0.268 bits per heavy atom. The van der Waals surface area contributed by atoms with E-state index in [1.54, 1.807) is 0 Å². The SMILES string of the molecule is N#Cc1cc(-c2ccccc2-c2nc(-c3ccccc3)nc(-c3ccccc3)n2)ccc1-c1ccccc1-c1nc(-c2ccccc2)nc(-c2ccccc2)n1. The molecular weight excluding hydrogens is 687 g/mol. The predicted molar refractivity (Wildman–Crippen MR) is 221 cm³/mol. The van der Waals surface area contributed by atoms with Crippen molar-refractivity contribution in [1.29, 1.82) is 5.26 Å². The van der Waals surface area contributed by atoms with Crippen molar-refractivity contribution in [2.75, 3.05) is 0 Å². The molecular formula is C49H31N7. The Labute approximate surface area is 324 Å². The lowest BCUT2D eigenvalue weighted by atomic mass is 9.91. The Morgan fingerprint density at radius 3 is 0.982 bits per heavy atom. The van der Waals surface area contributed by atoms with Gasteiger partial charge in [-0.1, -0.05) is 182 Å². The molecule has 7 aromatic carbocycles. The second-order valence-corrected chi connectivity index (χ2v) is 13.0. The van der Waals surface area contributed by atoms with E-state index in [4.69, 9.17) is 29.9 Å². The molecule has 0 radical (unpaired) electrons. The fourth-order valence-electron chi connectivity index (χ4n) is 6.74. The molecule has 9 aromatic rings. The van der Waals surface area contributed by atoms with E-state index >= 15 is 0 Å². The largest absolute Gasteiger partial charge is 0.208 e. The lowest BCUT2D eigenvalue weighted by Gasteiger charge is -2.15. The summed E-state index contributed by atoms with van der Waals surface area (Å²) in [4.78, 5) is 29.7. The minimum Gasteiger partial charge on any atom is -0.208 e. The van der Waals surface area contributed by atoms with Gasteiger partial charge in [-0.05, 0) is 22.8 Å². The van der Waals surface area contributed by atoms with E-state index in [1.807, 2.05) is 188 Å². The molecule has 0 saturated heterocycles. The van der Waals surface area contributed by atoms with E-state index in [-0.39, 0.29) is 0 Å². The number of hydrogen-bond donors (Lipinski definition) is 0. The van der Waals surface area contributed by atoms with Gasteiger partial charge in [0.15, 0.2) is 34.9 Å². The lowest BCUT2D eigenvalue weighted by molar-refractivity contribution is 1.07. The molecule has 0 bridgehead atoms. The van der Waals surface area contributed by atoms with E-state index < -0.39 is 0 Å². The fraction of sp³-hybridized carbons (Fsp3) is 0. The minimum absolute atomic E-state index is 0.510. The van der Waals surface area contributed by atoms with Crippen molar-refractivity contribution in [3.8, 4) is 96.7 Å². The standard InChI is InChI=1S/C49H31N7/c50-32-38-31-37(39-25-13-15-27-42(39)48-53-44(33-17-5-1-6-18-33)51-45(54-48)34-19-7-2-8-20-34)29-30-40(38)41-26-14-16-28-43(41)49-55-46(35-21-9-3-10-22-35)52-47(56-49)36-23-11-4-12-24-36/h1-31H. The van der Waals surface area contributed by atoms with Crippen LogP contribution in [0.25, 0.3) is 90.6 Å².